The summed E-state index contributed by atoms with van der Waals surface area (Å²) in [6.07, 6.45) is 0.625. The number of aryl methyl sites for hydroxylation is 2. The minimum absolute atomic E-state index is 0.0561. The summed E-state index contributed by atoms with van der Waals surface area (Å²) in [5.74, 6) is 0.429. The summed E-state index contributed by atoms with van der Waals surface area (Å²) in [4.78, 5) is 41.6. The highest BCUT2D eigenvalue weighted by Gasteiger charge is 2.26. The number of H-pyrrole nitrogens is 1. The van der Waals surface area contributed by atoms with Crippen LogP contribution in [0.25, 0.3) is 10.9 Å². The van der Waals surface area contributed by atoms with Crippen LogP contribution in [0.4, 0.5) is 11.4 Å². The molecule has 0 unspecified atom stereocenters. The average Bonchev–Trinajstić information content (AvgIpc) is 3.31. The van der Waals surface area contributed by atoms with Crippen LogP contribution in [0, 0.1) is 6.92 Å². The zero-order valence-electron chi connectivity index (χ0n) is 20.9. The minimum Gasteiger partial charge on any atom is -0.496 e. The number of nitrogens with one attached hydrogen (secondary N) is 2. The van der Waals surface area contributed by atoms with Gasteiger partial charge in [0.2, 0.25) is 5.91 Å². The number of rotatable bonds is 7. The van der Waals surface area contributed by atoms with Gasteiger partial charge in [0.25, 0.3) is 15.6 Å². The largest absolute Gasteiger partial charge is 0.496 e. The van der Waals surface area contributed by atoms with Crippen molar-refractivity contribution in [3.63, 3.8) is 0 Å². The van der Waals surface area contributed by atoms with E-state index in [1.165, 1.54) is 17.7 Å². The molecule has 1 aromatic heterocycles. The molecule has 5 rings (SSSR count). The summed E-state index contributed by atoms with van der Waals surface area (Å²) < 4.78 is 35.0. The number of hydrogen-bond acceptors (Lipinski definition) is 6. The van der Waals surface area contributed by atoms with Crippen molar-refractivity contribution in [2.75, 3.05) is 23.3 Å². The topological polar surface area (TPSA) is 131 Å². The molecule has 2 heterocycles. The van der Waals surface area contributed by atoms with Gasteiger partial charge in [-0.05, 0) is 73.0 Å². The van der Waals surface area contributed by atoms with Crippen LogP contribution in [0.5, 0.6) is 5.75 Å². The van der Waals surface area contributed by atoms with Gasteiger partial charge in [-0.2, -0.15) is 0 Å². The third kappa shape index (κ3) is 4.68. The van der Waals surface area contributed by atoms with Gasteiger partial charge < -0.3 is 9.64 Å². The van der Waals surface area contributed by atoms with Gasteiger partial charge in [0.05, 0.1) is 22.9 Å². The highest BCUT2D eigenvalue weighted by atomic mass is 32.2. The second-order valence-corrected chi connectivity index (χ2v) is 10.7. The third-order valence-electron chi connectivity index (χ3n) is 6.66. The van der Waals surface area contributed by atoms with Gasteiger partial charge in [0.15, 0.2) is 0 Å². The molecule has 4 aromatic rings. The number of amides is 1. The molecule has 0 spiro atoms. The number of aromatic amines is 1. The number of aromatic nitrogens is 2. The SMILES string of the molecule is COc1ccc(S(=O)(=O)Nc2ccc3c(c2)CCN3C(=O)CCn2c(=O)[nH]c(=O)c3ccccc32)cc1C. The van der Waals surface area contributed by atoms with Gasteiger partial charge in [-0.15, -0.1) is 0 Å². The van der Waals surface area contributed by atoms with E-state index in [4.69, 9.17) is 4.74 Å². The Labute approximate surface area is 218 Å². The van der Waals surface area contributed by atoms with E-state index < -0.39 is 21.3 Å². The number of ether oxygens (including phenoxy) is 1. The molecule has 0 bridgehead atoms. The van der Waals surface area contributed by atoms with Gasteiger partial charge in [-0.25, -0.2) is 13.2 Å². The molecule has 10 nitrogen and oxygen atoms in total. The molecule has 2 N–H and O–H groups in total. The number of para-hydroxylation sites is 1. The van der Waals surface area contributed by atoms with Gasteiger partial charge in [0.1, 0.15) is 5.75 Å². The summed E-state index contributed by atoms with van der Waals surface area (Å²) >= 11 is 0. The first-order valence-electron chi connectivity index (χ1n) is 12.0. The Bertz CT molecular complexity index is 1790. The number of sulfonamides is 1. The van der Waals surface area contributed by atoms with Crippen LogP contribution in [-0.2, 0) is 27.8 Å². The molecule has 11 heteroatoms. The van der Waals surface area contributed by atoms with E-state index in [-0.39, 0.29) is 23.8 Å². The lowest BCUT2D eigenvalue weighted by molar-refractivity contribution is -0.118. The standard InChI is InChI=1S/C27H26N4O6S/c1-17-15-20(8-10-24(17)37-2)38(35,36)29-19-7-9-22-18(16-19)11-13-30(22)25(32)12-14-31-23-6-4-3-5-21(23)26(33)28-27(31)34/h3-10,15-16,29H,11-14H2,1-2H3,(H,28,33,34). The smallest absolute Gasteiger partial charge is 0.328 e. The predicted octanol–water partition coefficient (Wildman–Crippen LogP) is 2.79. The van der Waals surface area contributed by atoms with Crippen LogP contribution in [-0.4, -0.2) is 37.5 Å². The number of nitrogens with zero attached hydrogens (tertiary/aromatic N) is 2. The summed E-state index contributed by atoms with van der Waals surface area (Å²) in [6, 6.07) is 16.5. The van der Waals surface area contributed by atoms with E-state index >= 15 is 0 Å². The maximum atomic E-state index is 13.1. The van der Waals surface area contributed by atoms with Crippen LogP contribution < -0.4 is 25.6 Å². The summed E-state index contributed by atoms with van der Waals surface area (Å²) in [5.41, 5.74) is 2.10. The molecule has 0 aliphatic carbocycles. The quantitative estimate of drug-likeness (QED) is 0.375. The van der Waals surface area contributed by atoms with Gasteiger partial charge >= 0.3 is 5.69 Å². The number of benzene rings is 3. The Balaban J connectivity index is 1.31. The molecule has 1 amide bonds. The number of hydrogen-bond donors (Lipinski definition) is 2. The fraction of sp³-hybridized carbons (Fsp3) is 0.222. The fourth-order valence-electron chi connectivity index (χ4n) is 4.76. The van der Waals surface area contributed by atoms with Crippen LogP contribution in [0.1, 0.15) is 17.5 Å². The average molecular weight is 535 g/mol. The molecule has 0 fully saturated rings. The molecule has 0 saturated heterocycles. The second kappa shape index (κ2) is 9.82. The zero-order chi connectivity index (χ0) is 27.0. The molecular weight excluding hydrogens is 508 g/mol. The Morgan fingerprint density at radius 3 is 2.63 bits per heavy atom. The second-order valence-electron chi connectivity index (χ2n) is 9.05. The molecule has 0 radical (unpaired) electrons. The molecule has 196 valence electrons. The van der Waals surface area contributed by atoms with E-state index in [1.807, 2.05) is 0 Å². The van der Waals surface area contributed by atoms with Crippen molar-refractivity contribution in [2.45, 2.75) is 31.2 Å². The summed E-state index contributed by atoms with van der Waals surface area (Å²) in [6.45, 7) is 2.33. The van der Waals surface area contributed by atoms with Crippen molar-refractivity contribution in [1.82, 2.24) is 9.55 Å². The monoisotopic (exact) mass is 534 g/mol. The van der Waals surface area contributed by atoms with E-state index in [0.29, 0.717) is 46.6 Å². The Morgan fingerprint density at radius 1 is 1.08 bits per heavy atom. The van der Waals surface area contributed by atoms with Crippen molar-refractivity contribution in [2.24, 2.45) is 0 Å². The predicted molar refractivity (Wildman–Crippen MR) is 144 cm³/mol. The number of methoxy groups -OCH3 is 1. The summed E-state index contributed by atoms with van der Waals surface area (Å²) in [5, 5.41) is 0.380. The van der Waals surface area contributed by atoms with E-state index in [9.17, 15) is 22.8 Å². The lowest BCUT2D eigenvalue weighted by Gasteiger charge is -2.18. The van der Waals surface area contributed by atoms with Crippen molar-refractivity contribution >= 4 is 38.2 Å². The molecule has 3 aromatic carbocycles. The van der Waals surface area contributed by atoms with Crippen molar-refractivity contribution in [3.8, 4) is 5.75 Å². The summed E-state index contributed by atoms with van der Waals surface area (Å²) in [7, 11) is -2.29. The lowest BCUT2D eigenvalue weighted by Crippen LogP contribution is -2.34. The number of anilines is 2. The Hall–Kier alpha value is -4.38. The first-order chi connectivity index (χ1) is 18.2. The molecule has 0 saturated carbocycles. The maximum absolute atomic E-state index is 13.1. The highest BCUT2D eigenvalue weighted by Crippen LogP contribution is 2.32. The molecule has 1 aliphatic heterocycles. The van der Waals surface area contributed by atoms with E-state index in [2.05, 4.69) is 9.71 Å². The highest BCUT2D eigenvalue weighted by molar-refractivity contribution is 7.92. The fourth-order valence-corrected chi connectivity index (χ4v) is 5.90. The van der Waals surface area contributed by atoms with Gasteiger partial charge in [-0.1, -0.05) is 12.1 Å². The van der Waals surface area contributed by atoms with E-state index in [0.717, 1.165) is 5.56 Å². The number of fused-ring (bicyclic) bond motifs is 2. The van der Waals surface area contributed by atoms with Crippen LogP contribution in [0.15, 0.2) is 75.1 Å². The van der Waals surface area contributed by atoms with Crippen molar-refractivity contribution in [3.05, 3.63) is 92.6 Å². The van der Waals surface area contributed by atoms with Crippen LogP contribution in [0.3, 0.4) is 0 Å². The molecule has 1 aliphatic rings. The van der Waals surface area contributed by atoms with Gasteiger partial charge in [0, 0.05) is 30.9 Å². The maximum Gasteiger partial charge on any atom is 0.328 e. The number of carbonyl (C=O) groups excluding carboxylic acids is 1. The van der Waals surface area contributed by atoms with Crippen molar-refractivity contribution in [1.29, 1.82) is 0 Å². The van der Waals surface area contributed by atoms with Crippen LogP contribution >= 0.6 is 0 Å². The van der Waals surface area contributed by atoms with E-state index in [1.54, 1.807) is 66.4 Å². The first-order valence-corrected chi connectivity index (χ1v) is 13.5. The Morgan fingerprint density at radius 2 is 1.87 bits per heavy atom. The lowest BCUT2D eigenvalue weighted by atomic mass is 10.1. The molecule has 38 heavy (non-hydrogen) atoms. The van der Waals surface area contributed by atoms with Crippen molar-refractivity contribution < 1.29 is 17.9 Å². The first kappa shape index (κ1) is 25.3. The number of carbonyl (C=O) groups is 1. The third-order valence-corrected chi connectivity index (χ3v) is 8.04. The van der Waals surface area contributed by atoms with Gasteiger partial charge in [-0.3, -0.25) is 23.9 Å². The molecular formula is C27H26N4O6S. The Kier molecular flexibility index (Phi) is 6.53. The normalized spacial score (nSPS) is 12.9. The zero-order valence-corrected chi connectivity index (χ0v) is 21.7. The minimum atomic E-state index is -3.82. The van der Waals surface area contributed by atoms with Crippen LogP contribution in [0.2, 0.25) is 0 Å². The molecule has 0 atom stereocenters.